The van der Waals surface area contributed by atoms with Crippen molar-refractivity contribution in [2.45, 2.75) is 58.3 Å². The van der Waals surface area contributed by atoms with E-state index in [1.165, 1.54) is 0 Å². The van der Waals surface area contributed by atoms with Crippen LogP contribution in [0.1, 0.15) is 40.5 Å². The maximum absolute atomic E-state index is 12.3. The first-order valence-corrected chi connectivity index (χ1v) is 9.49. The van der Waals surface area contributed by atoms with Crippen molar-refractivity contribution in [1.29, 1.82) is 0 Å². The Morgan fingerprint density at radius 3 is 2.65 bits per heavy atom. The van der Waals surface area contributed by atoms with E-state index in [1.54, 1.807) is 4.90 Å². The van der Waals surface area contributed by atoms with Crippen molar-refractivity contribution < 1.29 is 14.3 Å². The fourth-order valence-electron chi connectivity index (χ4n) is 3.51. The highest BCUT2D eigenvalue weighted by molar-refractivity contribution is 5.73. The molecule has 0 saturated carbocycles. The van der Waals surface area contributed by atoms with Gasteiger partial charge >= 0.3 is 6.09 Å². The van der Waals surface area contributed by atoms with Crippen molar-refractivity contribution in [2.24, 2.45) is 0 Å². The van der Waals surface area contributed by atoms with Gasteiger partial charge in [-0.1, -0.05) is 6.07 Å². The van der Waals surface area contributed by atoms with Crippen LogP contribution >= 0.6 is 0 Å². The third kappa shape index (κ3) is 4.17. The molecule has 0 radical (unpaired) electrons. The number of carbonyl (C=O) groups excluding carboxylic acids is 1. The first kappa shape index (κ1) is 18.7. The predicted molar refractivity (Wildman–Crippen MR) is 104 cm³/mol. The van der Waals surface area contributed by atoms with Gasteiger partial charge in [0, 0.05) is 26.2 Å². The van der Waals surface area contributed by atoms with Crippen LogP contribution in [0.3, 0.4) is 0 Å². The van der Waals surface area contributed by atoms with E-state index < -0.39 is 5.60 Å². The molecule has 1 saturated heterocycles. The summed E-state index contributed by atoms with van der Waals surface area (Å²) in [6.07, 6.45) is 1.76. The highest BCUT2D eigenvalue weighted by Gasteiger charge is 2.30. The van der Waals surface area contributed by atoms with E-state index in [0.717, 1.165) is 49.6 Å². The Labute approximate surface area is 156 Å². The molecule has 0 bridgehead atoms. The van der Waals surface area contributed by atoms with Crippen molar-refractivity contribution in [1.82, 2.24) is 4.90 Å². The molecule has 2 heterocycles. The molecule has 0 aliphatic carbocycles. The second-order valence-electron chi connectivity index (χ2n) is 8.27. The van der Waals surface area contributed by atoms with E-state index in [2.05, 4.69) is 35.3 Å². The van der Waals surface area contributed by atoms with Crippen molar-refractivity contribution >= 4 is 17.5 Å². The minimum Gasteiger partial charge on any atom is -0.485 e. The molecule has 2 aliphatic rings. The van der Waals surface area contributed by atoms with Gasteiger partial charge < -0.3 is 24.6 Å². The first-order chi connectivity index (χ1) is 12.2. The van der Waals surface area contributed by atoms with Crippen LogP contribution in [-0.2, 0) is 4.74 Å². The number of benzene rings is 1. The lowest BCUT2D eigenvalue weighted by molar-refractivity contribution is 0.0200. The summed E-state index contributed by atoms with van der Waals surface area (Å²) in [5.41, 5.74) is 1.74. The quantitative estimate of drug-likeness (QED) is 0.870. The molecule has 1 aromatic rings. The third-order valence-electron chi connectivity index (χ3n) is 4.93. The van der Waals surface area contributed by atoms with Crippen molar-refractivity contribution in [3.63, 3.8) is 0 Å². The minimum absolute atomic E-state index is 0.166. The van der Waals surface area contributed by atoms with Gasteiger partial charge in [-0.25, -0.2) is 4.79 Å². The van der Waals surface area contributed by atoms with Gasteiger partial charge in [-0.2, -0.15) is 0 Å². The molecule has 1 N–H and O–H groups in total. The SMILES string of the molecule is C[C@H]1CNc2cccc(N3CCC(N(C)C(=O)OC(C)(C)C)CC3)c2O1. The topological polar surface area (TPSA) is 54.0 Å². The van der Waals surface area contributed by atoms with Crippen molar-refractivity contribution in [2.75, 3.05) is 36.9 Å². The Balaban J connectivity index is 1.63. The summed E-state index contributed by atoms with van der Waals surface area (Å²) in [6, 6.07) is 6.46. The predicted octanol–water partition coefficient (Wildman–Crippen LogP) is 3.72. The van der Waals surface area contributed by atoms with Crippen molar-refractivity contribution in [3.05, 3.63) is 18.2 Å². The molecular weight excluding hydrogens is 330 g/mol. The van der Waals surface area contributed by atoms with E-state index >= 15 is 0 Å². The lowest BCUT2D eigenvalue weighted by Gasteiger charge is -2.39. The number of nitrogens with zero attached hydrogens (tertiary/aromatic N) is 2. The Morgan fingerprint density at radius 2 is 2.00 bits per heavy atom. The number of nitrogens with one attached hydrogen (secondary N) is 1. The Hall–Kier alpha value is -2.11. The summed E-state index contributed by atoms with van der Waals surface area (Å²) in [5, 5.41) is 3.43. The summed E-state index contributed by atoms with van der Waals surface area (Å²) in [6.45, 7) is 10.4. The zero-order chi connectivity index (χ0) is 18.9. The molecule has 6 nitrogen and oxygen atoms in total. The number of anilines is 2. The number of hydrogen-bond donors (Lipinski definition) is 1. The van der Waals surface area contributed by atoms with Crippen LogP contribution in [0.15, 0.2) is 18.2 Å². The van der Waals surface area contributed by atoms with Crippen LogP contribution in [0.25, 0.3) is 0 Å². The van der Waals surface area contributed by atoms with Crippen LogP contribution in [-0.4, -0.2) is 55.4 Å². The van der Waals surface area contributed by atoms with Gasteiger partial charge in [-0.3, -0.25) is 0 Å². The van der Waals surface area contributed by atoms with E-state index in [0.29, 0.717) is 0 Å². The van der Waals surface area contributed by atoms with Crippen LogP contribution in [0, 0.1) is 0 Å². The van der Waals surface area contributed by atoms with Gasteiger partial charge in [0.2, 0.25) is 0 Å². The van der Waals surface area contributed by atoms with Gasteiger partial charge in [-0.15, -0.1) is 0 Å². The molecule has 0 unspecified atom stereocenters. The molecule has 0 spiro atoms. The van der Waals surface area contributed by atoms with Gasteiger partial charge in [0.15, 0.2) is 5.75 Å². The van der Waals surface area contributed by atoms with Gasteiger partial charge in [0.25, 0.3) is 0 Å². The number of fused-ring (bicyclic) bond motifs is 1. The number of carbonyl (C=O) groups is 1. The second-order valence-corrected chi connectivity index (χ2v) is 8.27. The average Bonchev–Trinajstić information content (AvgIpc) is 2.59. The average molecular weight is 361 g/mol. The standard InChI is InChI=1S/C20H31N3O3/c1-14-13-21-16-7-6-8-17(18(16)25-14)23-11-9-15(10-12-23)22(5)19(24)26-20(2,3)4/h6-8,14-15,21H,9-13H2,1-5H3/t14-/m0/s1. The summed E-state index contributed by atoms with van der Waals surface area (Å²) in [5.74, 6) is 0.949. The number of rotatable bonds is 2. The number of piperidine rings is 1. The van der Waals surface area contributed by atoms with Crippen molar-refractivity contribution in [3.8, 4) is 5.75 Å². The monoisotopic (exact) mass is 361 g/mol. The molecule has 1 amide bonds. The van der Waals surface area contributed by atoms with Crippen LogP contribution < -0.4 is 15.0 Å². The summed E-state index contributed by atoms with van der Waals surface area (Å²) in [7, 11) is 1.84. The van der Waals surface area contributed by atoms with Gasteiger partial charge in [-0.05, 0) is 52.7 Å². The normalized spacial score (nSPS) is 20.7. The Bertz CT molecular complexity index is 648. The van der Waals surface area contributed by atoms with E-state index in [1.807, 2.05) is 27.8 Å². The van der Waals surface area contributed by atoms with Gasteiger partial charge in [0.1, 0.15) is 11.7 Å². The molecule has 6 heteroatoms. The molecule has 26 heavy (non-hydrogen) atoms. The third-order valence-corrected chi connectivity index (χ3v) is 4.93. The summed E-state index contributed by atoms with van der Waals surface area (Å²) >= 11 is 0. The Morgan fingerprint density at radius 1 is 1.31 bits per heavy atom. The molecule has 1 atom stereocenters. The number of amides is 1. The number of para-hydroxylation sites is 1. The molecule has 144 valence electrons. The summed E-state index contributed by atoms with van der Waals surface area (Å²) in [4.78, 5) is 16.4. The smallest absolute Gasteiger partial charge is 0.410 e. The van der Waals surface area contributed by atoms with Crippen LogP contribution in [0.4, 0.5) is 16.2 Å². The zero-order valence-electron chi connectivity index (χ0n) is 16.5. The molecule has 1 fully saturated rings. The lowest BCUT2D eigenvalue weighted by atomic mass is 10.0. The Kier molecular flexibility index (Phi) is 5.21. The molecule has 3 rings (SSSR count). The molecule has 2 aliphatic heterocycles. The minimum atomic E-state index is -0.462. The van der Waals surface area contributed by atoms with Crippen LogP contribution in [0.2, 0.25) is 0 Å². The molecular formula is C20H31N3O3. The summed E-state index contributed by atoms with van der Waals surface area (Å²) < 4.78 is 11.6. The van der Waals surface area contributed by atoms with Crippen LogP contribution in [0.5, 0.6) is 5.75 Å². The fourth-order valence-corrected chi connectivity index (χ4v) is 3.51. The highest BCUT2D eigenvalue weighted by Crippen LogP contribution is 2.40. The second kappa shape index (κ2) is 7.25. The maximum atomic E-state index is 12.3. The largest absolute Gasteiger partial charge is 0.485 e. The van der Waals surface area contributed by atoms with E-state index in [4.69, 9.17) is 9.47 Å². The fraction of sp³-hybridized carbons (Fsp3) is 0.650. The molecule has 0 aromatic heterocycles. The van der Waals surface area contributed by atoms with E-state index in [-0.39, 0.29) is 18.2 Å². The van der Waals surface area contributed by atoms with E-state index in [9.17, 15) is 4.79 Å². The zero-order valence-corrected chi connectivity index (χ0v) is 16.5. The lowest BCUT2D eigenvalue weighted by Crippen LogP contribution is -2.47. The maximum Gasteiger partial charge on any atom is 0.410 e. The highest BCUT2D eigenvalue weighted by atomic mass is 16.6. The molecule has 1 aromatic carbocycles. The van der Waals surface area contributed by atoms with Gasteiger partial charge in [0.05, 0.1) is 17.9 Å². The number of ether oxygens (including phenoxy) is 2. The first-order valence-electron chi connectivity index (χ1n) is 9.49. The number of hydrogen-bond acceptors (Lipinski definition) is 5.